The zero-order chi connectivity index (χ0) is 16.0. The van der Waals surface area contributed by atoms with Crippen molar-refractivity contribution in [3.05, 3.63) is 35.6 Å². The normalized spacial score (nSPS) is 12.2. The predicted octanol–water partition coefficient (Wildman–Crippen LogP) is 2.89. The topological polar surface area (TPSA) is 57.6 Å². The van der Waals surface area contributed by atoms with Crippen molar-refractivity contribution in [2.45, 2.75) is 33.1 Å². The van der Waals surface area contributed by atoms with E-state index in [4.69, 9.17) is 5.11 Å². The van der Waals surface area contributed by atoms with Crippen LogP contribution in [0.1, 0.15) is 38.7 Å². The minimum atomic E-state index is -1.03. The van der Waals surface area contributed by atoms with Crippen LogP contribution in [0, 0.1) is 11.7 Å². The van der Waals surface area contributed by atoms with Gasteiger partial charge in [-0.1, -0.05) is 32.9 Å². The molecule has 1 N–H and O–H groups in total. The first-order chi connectivity index (χ1) is 9.79. The van der Waals surface area contributed by atoms with Gasteiger partial charge in [-0.05, 0) is 29.5 Å². The number of carbonyl (C=O) groups is 2. The van der Waals surface area contributed by atoms with E-state index in [9.17, 15) is 14.0 Å². The molecular weight excluding hydrogens is 273 g/mol. The molecule has 0 heterocycles. The Kier molecular flexibility index (Phi) is 6.34. The van der Waals surface area contributed by atoms with Crippen LogP contribution < -0.4 is 0 Å². The van der Waals surface area contributed by atoms with Crippen molar-refractivity contribution >= 4 is 11.9 Å². The summed E-state index contributed by atoms with van der Waals surface area (Å²) in [6, 6.07) is 6.13. The number of carbonyl (C=O) groups excluding carboxylic acids is 1. The van der Waals surface area contributed by atoms with Crippen molar-refractivity contribution in [2.24, 2.45) is 5.92 Å². The summed E-state index contributed by atoms with van der Waals surface area (Å²) >= 11 is 0. The van der Waals surface area contributed by atoms with Gasteiger partial charge >= 0.3 is 5.97 Å². The third kappa shape index (κ3) is 5.94. The Morgan fingerprint density at radius 2 is 1.95 bits per heavy atom. The highest BCUT2D eigenvalue weighted by Crippen LogP contribution is 2.21. The van der Waals surface area contributed by atoms with Gasteiger partial charge in [0.25, 0.3) is 0 Å². The lowest BCUT2D eigenvalue weighted by Crippen LogP contribution is -2.38. The number of hydrogen-bond donors (Lipinski definition) is 1. The molecular formula is C16H22FNO3. The van der Waals surface area contributed by atoms with Gasteiger partial charge in [0.15, 0.2) is 0 Å². The third-order valence-corrected chi connectivity index (χ3v) is 3.16. The smallest absolute Gasteiger partial charge is 0.323 e. The van der Waals surface area contributed by atoms with E-state index in [1.165, 1.54) is 17.0 Å². The molecule has 1 unspecified atom stereocenters. The first kappa shape index (κ1) is 17.1. The Labute approximate surface area is 124 Å². The van der Waals surface area contributed by atoms with Crippen LogP contribution in [0.4, 0.5) is 4.39 Å². The lowest BCUT2D eigenvalue weighted by molar-refractivity contribution is -0.145. The number of rotatable bonds is 7. The van der Waals surface area contributed by atoms with Crippen LogP contribution >= 0.6 is 0 Å². The summed E-state index contributed by atoms with van der Waals surface area (Å²) in [5.74, 6) is -1.55. The molecule has 1 atom stereocenters. The molecule has 0 radical (unpaired) electrons. The predicted molar refractivity (Wildman–Crippen MR) is 78.5 cm³/mol. The SMILES string of the molecule is CC(C)CN(CC(=O)O)C(=O)CC(C)c1cccc(F)c1. The zero-order valence-corrected chi connectivity index (χ0v) is 12.7. The van der Waals surface area contributed by atoms with Crippen molar-refractivity contribution in [3.63, 3.8) is 0 Å². The first-order valence-electron chi connectivity index (χ1n) is 7.04. The maximum atomic E-state index is 13.2. The van der Waals surface area contributed by atoms with Gasteiger partial charge in [0.1, 0.15) is 12.4 Å². The molecule has 116 valence electrons. The van der Waals surface area contributed by atoms with Crippen LogP contribution in [0.3, 0.4) is 0 Å². The summed E-state index contributed by atoms with van der Waals surface area (Å²) in [4.78, 5) is 24.5. The highest BCUT2D eigenvalue weighted by atomic mass is 19.1. The average molecular weight is 295 g/mol. The molecule has 0 fully saturated rings. The largest absolute Gasteiger partial charge is 0.480 e. The van der Waals surface area contributed by atoms with Gasteiger partial charge in [0.2, 0.25) is 5.91 Å². The van der Waals surface area contributed by atoms with Gasteiger partial charge in [0.05, 0.1) is 0 Å². The number of halogens is 1. The minimum Gasteiger partial charge on any atom is -0.480 e. The third-order valence-electron chi connectivity index (χ3n) is 3.16. The van der Waals surface area contributed by atoms with Crippen LogP contribution in [0.5, 0.6) is 0 Å². The second-order valence-electron chi connectivity index (χ2n) is 5.72. The van der Waals surface area contributed by atoms with Crippen LogP contribution in [0.25, 0.3) is 0 Å². The fourth-order valence-electron chi connectivity index (χ4n) is 2.18. The van der Waals surface area contributed by atoms with Gasteiger partial charge in [0, 0.05) is 13.0 Å². The fourth-order valence-corrected chi connectivity index (χ4v) is 2.18. The highest BCUT2D eigenvalue weighted by molar-refractivity contribution is 5.81. The summed E-state index contributed by atoms with van der Waals surface area (Å²) in [6.45, 7) is 5.80. The molecule has 1 aromatic rings. The number of nitrogens with zero attached hydrogens (tertiary/aromatic N) is 1. The van der Waals surface area contributed by atoms with Crippen molar-refractivity contribution in [3.8, 4) is 0 Å². The summed E-state index contributed by atoms with van der Waals surface area (Å²) in [5.41, 5.74) is 0.739. The Bertz CT molecular complexity index is 502. The van der Waals surface area contributed by atoms with Gasteiger partial charge in [-0.25, -0.2) is 4.39 Å². The molecule has 1 amide bonds. The van der Waals surface area contributed by atoms with Gasteiger partial charge in [-0.3, -0.25) is 9.59 Å². The lowest BCUT2D eigenvalue weighted by Gasteiger charge is -2.24. The summed E-state index contributed by atoms with van der Waals surface area (Å²) < 4.78 is 13.2. The number of carboxylic acids is 1. The van der Waals surface area contributed by atoms with Crippen molar-refractivity contribution in [1.29, 1.82) is 0 Å². The standard InChI is InChI=1S/C16H22FNO3/c1-11(2)9-18(10-16(20)21)15(19)7-12(3)13-5-4-6-14(17)8-13/h4-6,8,11-12H,7,9-10H2,1-3H3,(H,20,21). The minimum absolute atomic E-state index is 0.156. The maximum Gasteiger partial charge on any atom is 0.323 e. The van der Waals surface area contributed by atoms with E-state index in [2.05, 4.69) is 0 Å². The molecule has 5 heteroatoms. The molecule has 0 aliphatic rings. The van der Waals surface area contributed by atoms with Crippen LogP contribution in [0.15, 0.2) is 24.3 Å². The summed E-state index contributed by atoms with van der Waals surface area (Å²) in [7, 11) is 0. The molecule has 0 aliphatic carbocycles. The van der Waals surface area contributed by atoms with E-state index >= 15 is 0 Å². The highest BCUT2D eigenvalue weighted by Gasteiger charge is 2.20. The second kappa shape index (κ2) is 7.76. The molecule has 21 heavy (non-hydrogen) atoms. The van der Waals surface area contributed by atoms with Gasteiger partial charge in [-0.15, -0.1) is 0 Å². The van der Waals surface area contributed by atoms with Crippen molar-refractivity contribution in [1.82, 2.24) is 4.90 Å². The van der Waals surface area contributed by atoms with Crippen molar-refractivity contribution in [2.75, 3.05) is 13.1 Å². The van der Waals surface area contributed by atoms with Crippen LogP contribution in [0.2, 0.25) is 0 Å². The summed E-state index contributed by atoms with van der Waals surface area (Å²) in [5, 5.41) is 8.89. The Morgan fingerprint density at radius 1 is 1.29 bits per heavy atom. The first-order valence-corrected chi connectivity index (χ1v) is 7.04. The molecule has 0 spiro atoms. The number of benzene rings is 1. The molecule has 4 nitrogen and oxygen atoms in total. The average Bonchev–Trinajstić information content (AvgIpc) is 2.36. The van der Waals surface area contributed by atoms with E-state index in [-0.39, 0.29) is 36.5 Å². The van der Waals surface area contributed by atoms with Crippen LogP contribution in [-0.2, 0) is 9.59 Å². The Hall–Kier alpha value is -1.91. The van der Waals surface area contributed by atoms with Crippen molar-refractivity contribution < 1.29 is 19.1 Å². The molecule has 0 saturated carbocycles. The Balaban J connectivity index is 2.73. The lowest BCUT2D eigenvalue weighted by atomic mass is 9.97. The Morgan fingerprint density at radius 3 is 2.48 bits per heavy atom. The van der Waals surface area contributed by atoms with E-state index in [1.807, 2.05) is 20.8 Å². The summed E-state index contributed by atoms with van der Waals surface area (Å²) in [6.07, 6.45) is 0.170. The monoisotopic (exact) mass is 295 g/mol. The quantitative estimate of drug-likeness (QED) is 0.841. The van der Waals surface area contributed by atoms with E-state index in [0.29, 0.717) is 6.54 Å². The van der Waals surface area contributed by atoms with Gasteiger partial charge in [-0.2, -0.15) is 0 Å². The molecule has 0 aromatic heterocycles. The second-order valence-corrected chi connectivity index (χ2v) is 5.72. The number of amides is 1. The number of carboxylic acid groups (broad SMARTS) is 1. The van der Waals surface area contributed by atoms with Gasteiger partial charge < -0.3 is 10.0 Å². The molecule has 1 aromatic carbocycles. The molecule has 0 saturated heterocycles. The van der Waals surface area contributed by atoms with Crippen LogP contribution in [-0.4, -0.2) is 35.0 Å². The molecule has 0 bridgehead atoms. The molecule has 0 aliphatic heterocycles. The van der Waals surface area contributed by atoms with E-state index in [1.54, 1.807) is 12.1 Å². The molecule has 1 rings (SSSR count). The van der Waals surface area contributed by atoms with E-state index in [0.717, 1.165) is 5.56 Å². The maximum absolute atomic E-state index is 13.2. The number of aliphatic carboxylic acids is 1. The zero-order valence-electron chi connectivity index (χ0n) is 12.7. The van der Waals surface area contributed by atoms with E-state index < -0.39 is 5.97 Å². The number of hydrogen-bond acceptors (Lipinski definition) is 2. The fraction of sp³-hybridized carbons (Fsp3) is 0.500.